The fraction of sp³-hybridized carbons (Fsp3) is 0.955. The number of aliphatic hydroxyl groups excluding tert-OH is 1. The third kappa shape index (κ3) is 39.5. The second kappa shape index (κ2) is 39.7. The van der Waals surface area contributed by atoms with Crippen molar-refractivity contribution in [3.63, 3.8) is 0 Å². The van der Waals surface area contributed by atoms with Gasteiger partial charge in [-0.3, -0.25) is 9.59 Å². The molecular formula is C44H86O5. The molecule has 0 radical (unpaired) electrons. The van der Waals surface area contributed by atoms with Crippen molar-refractivity contribution in [1.82, 2.24) is 0 Å². The van der Waals surface area contributed by atoms with Gasteiger partial charge in [0.2, 0.25) is 0 Å². The van der Waals surface area contributed by atoms with Crippen LogP contribution in [0.4, 0.5) is 0 Å². The van der Waals surface area contributed by atoms with Crippen LogP contribution in [0.3, 0.4) is 0 Å². The van der Waals surface area contributed by atoms with Crippen molar-refractivity contribution in [2.24, 2.45) is 5.92 Å². The number of carbonyl (C=O) groups excluding carboxylic acids is 2. The molecule has 0 spiro atoms. The highest BCUT2D eigenvalue weighted by Crippen LogP contribution is 2.17. The molecule has 0 heterocycles. The number of aliphatic hydroxyl groups is 1. The first-order valence-corrected chi connectivity index (χ1v) is 22.0. The van der Waals surface area contributed by atoms with Crippen LogP contribution >= 0.6 is 0 Å². The van der Waals surface area contributed by atoms with Crippen molar-refractivity contribution in [2.75, 3.05) is 13.2 Å². The molecule has 0 saturated heterocycles. The second-order valence-corrected chi connectivity index (χ2v) is 15.6. The van der Waals surface area contributed by atoms with Gasteiger partial charge in [-0.25, -0.2) is 0 Å². The molecule has 0 aromatic heterocycles. The summed E-state index contributed by atoms with van der Waals surface area (Å²) < 4.78 is 10.6. The summed E-state index contributed by atoms with van der Waals surface area (Å²) in [4.78, 5) is 24.3. The minimum Gasteiger partial charge on any atom is -0.462 e. The van der Waals surface area contributed by atoms with Crippen molar-refractivity contribution >= 4 is 11.9 Å². The van der Waals surface area contributed by atoms with Crippen LogP contribution in [0.25, 0.3) is 0 Å². The van der Waals surface area contributed by atoms with Gasteiger partial charge in [-0.05, 0) is 18.8 Å². The van der Waals surface area contributed by atoms with E-state index in [4.69, 9.17) is 9.47 Å². The number of rotatable bonds is 40. The van der Waals surface area contributed by atoms with Gasteiger partial charge in [0, 0.05) is 12.8 Å². The first-order valence-electron chi connectivity index (χ1n) is 22.0. The lowest BCUT2D eigenvalue weighted by molar-refractivity contribution is -0.161. The fourth-order valence-corrected chi connectivity index (χ4v) is 6.74. The number of ether oxygens (including phenoxy) is 2. The van der Waals surface area contributed by atoms with E-state index in [1.54, 1.807) is 0 Å². The number of hydrogen-bond donors (Lipinski definition) is 1. The zero-order valence-corrected chi connectivity index (χ0v) is 33.4. The van der Waals surface area contributed by atoms with Crippen LogP contribution in [-0.4, -0.2) is 36.4 Å². The molecule has 0 unspecified atom stereocenters. The highest BCUT2D eigenvalue weighted by Gasteiger charge is 2.16. The first kappa shape index (κ1) is 47.9. The predicted octanol–water partition coefficient (Wildman–Crippen LogP) is 13.8. The van der Waals surface area contributed by atoms with Crippen LogP contribution in [0, 0.1) is 5.92 Å². The summed E-state index contributed by atoms with van der Waals surface area (Å²) >= 11 is 0. The Labute approximate surface area is 306 Å². The van der Waals surface area contributed by atoms with Crippen LogP contribution in [0.2, 0.25) is 0 Å². The Kier molecular flexibility index (Phi) is 38.8. The monoisotopic (exact) mass is 695 g/mol. The topological polar surface area (TPSA) is 72.8 Å². The highest BCUT2D eigenvalue weighted by molar-refractivity contribution is 5.70. The summed E-state index contributed by atoms with van der Waals surface area (Å²) in [5.41, 5.74) is 0. The molecule has 5 heteroatoms. The SMILES string of the molecule is CCCCCCCCCCCCCCCCC(=O)OC[C@H](CO)OC(=O)CCCCCCCCCCCCCCCCCCCCC(C)C. The molecule has 292 valence electrons. The Morgan fingerprint density at radius 3 is 1.08 bits per heavy atom. The normalized spacial score (nSPS) is 12.1. The van der Waals surface area contributed by atoms with Gasteiger partial charge in [0.25, 0.3) is 0 Å². The molecule has 0 amide bonds. The van der Waals surface area contributed by atoms with Crippen molar-refractivity contribution < 1.29 is 24.2 Å². The molecule has 49 heavy (non-hydrogen) atoms. The number of esters is 2. The van der Waals surface area contributed by atoms with E-state index in [1.807, 2.05) is 0 Å². The average molecular weight is 695 g/mol. The number of hydrogen-bond acceptors (Lipinski definition) is 5. The largest absolute Gasteiger partial charge is 0.462 e. The molecular weight excluding hydrogens is 608 g/mol. The molecule has 0 rings (SSSR count). The summed E-state index contributed by atoms with van der Waals surface area (Å²) in [7, 11) is 0. The van der Waals surface area contributed by atoms with Gasteiger partial charge in [0.05, 0.1) is 6.61 Å². The van der Waals surface area contributed by atoms with Crippen molar-refractivity contribution in [3.05, 3.63) is 0 Å². The maximum atomic E-state index is 12.2. The maximum absolute atomic E-state index is 12.2. The first-order chi connectivity index (χ1) is 24.0. The Balaban J connectivity index is 3.45. The summed E-state index contributed by atoms with van der Waals surface area (Å²) in [6.45, 7) is 6.54. The lowest BCUT2D eigenvalue weighted by Crippen LogP contribution is -2.28. The Hall–Kier alpha value is -1.10. The molecule has 5 nitrogen and oxygen atoms in total. The van der Waals surface area contributed by atoms with Gasteiger partial charge in [0.1, 0.15) is 6.61 Å². The van der Waals surface area contributed by atoms with Gasteiger partial charge < -0.3 is 14.6 Å². The molecule has 0 bridgehead atoms. The Morgan fingerprint density at radius 2 is 0.755 bits per heavy atom. The van der Waals surface area contributed by atoms with Gasteiger partial charge in [0.15, 0.2) is 6.10 Å². The fourth-order valence-electron chi connectivity index (χ4n) is 6.74. The lowest BCUT2D eigenvalue weighted by Gasteiger charge is -2.15. The van der Waals surface area contributed by atoms with Crippen molar-refractivity contribution in [1.29, 1.82) is 0 Å². The lowest BCUT2D eigenvalue weighted by atomic mass is 10.0. The number of unbranched alkanes of at least 4 members (excludes halogenated alkanes) is 30. The smallest absolute Gasteiger partial charge is 0.306 e. The van der Waals surface area contributed by atoms with Crippen LogP contribution in [0.15, 0.2) is 0 Å². The number of carbonyl (C=O) groups is 2. The van der Waals surface area contributed by atoms with Gasteiger partial charge in [-0.2, -0.15) is 0 Å². The summed E-state index contributed by atoms with van der Waals surface area (Å²) in [5, 5.41) is 9.57. The zero-order chi connectivity index (χ0) is 35.9. The second-order valence-electron chi connectivity index (χ2n) is 15.6. The van der Waals surface area contributed by atoms with E-state index < -0.39 is 6.10 Å². The maximum Gasteiger partial charge on any atom is 0.306 e. The van der Waals surface area contributed by atoms with E-state index in [0.29, 0.717) is 12.8 Å². The van der Waals surface area contributed by atoms with E-state index in [2.05, 4.69) is 20.8 Å². The Morgan fingerprint density at radius 1 is 0.449 bits per heavy atom. The third-order valence-electron chi connectivity index (χ3n) is 10.1. The van der Waals surface area contributed by atoms with Crippen LogP contribution < -0.4 is 0 Å². The van der Waals surface area contributed by atoms with Gasteiger partial charge >= 0.3 is 11.9 Å². The predicted molar refractivity (Wildman–Crippen MR) is 210 cm³/mol. The quantitative estimate of drug-likeness (QED) is 0.0510. The molecule has 0 aromatic rings. The standard InChI is InChI=1S/C44H86O5/c1-4-5-6-7-8-9-10-11-19-22-25-28-31-34-37-43(46)48-40-42(39-45)49-44(47)38-35-32-29-26-23-20-17-15-13-12-14-16-18-21-24-27-30-33-36-41(2)3/h41-42,45H,4-40H2,1-3H3/t42-/m0/s1. The van der Waals surface area contributed by atoms with Crippen molar-refractivity contribution in [3.8, 4) is 0 Å². The highest BCUT2D eigenvalue weighted by atomic mass is 16.6. The molecule has 1 N–H and O–H groups in total. The minimum absolute atomic E-state index is 0.0571. The summed E-state index contributed by atoms with van der Waals surface area (Å²) in [6, 6.07) is 0. The molecule has 0 saturated carbocycles. The van der Waals surface area contributed by atoms with E-state index in [1.165, 1.54) is 180 Å². The summed E-state index contributed by atoms with van der Waals surface area (Å²) in [5.74, 6) is 0.291. The van der Waals surface area contributed by atoms with Gasteiger partial charge in [-0.1, -0.05) is 220 Å². The van der Waals surface area contributed by atoms with Crippen molar-refractivity contribution in [2.45, 2.75) is 252 Å². The third-order valence-corrected chi connectivity index (χ3v) is 10.1. The van der Waals surface area contributed by atoms with E-state index in [-0.39, 0.29) is 25.2 Å². The molecule has 1 atom stereocenters. The Bertz CT molecular complexity index is 678. The minimum atomic E-state index is -0.762. The average Bonchev–Trinajstić information content (AvgIpc) is 3.09. The van der Waals surface area contributed by atoms with E-state index in [0.717, 1.165) is 38.0 Å². The van der Waals surface area contributed by atoms with Gasteiger partial charge in [-0.15, -0.1) is 0 Å². The van der Waals surface area contributed by atoms with Crippen LogP contribution in [-0.2, 0) is 19.1 Å². The summed E-state index contributed by atoms with van der Waals surface area (Å²) in [6.07, 6.45) is 43.2. The molecule has 0 aromatic carbocycles. The van der Waals surface area contributed by atoms with E-state index >= 15 is 0 Å². The molecule has 0 aliphatic heterocycles. The molecule has 0 aliphatic rings. The zero-order valence-electron chi connectivity index (χ0n) is 33.4. The molecule has 0 fully saturated rings. The molecule has 0 aliphatic carbocycles. The van der Waals surface area contributed by atoms with Crippen LogP contribution in [0.1, 0.15) is 245 Å². The van der Waals surface area contributed by atoms with Crippen LogP contribution in [0.5, 0.6) is 0 Å². The van der Waals surface area contributed by atoms with E-state index in [9.17, 15) is 14.7 Å².